The van der Waals surface area contributed by atoms with Crippen LogP contribution in [0, 0.1) is 20.8 Å². The molecule has 2 N–H and O–H groups in total. The minimum Gasteiger partial charge on any atom is -0.347 e. The van der Waals surface area contributed by atoms with Crippen molar-refractivity contribution in [1.29, 1.82) is 0 Å². The number of hydrogen-bond acceptors (Lipinski definition) is 3. The smallest absolute Gasteiger partial charge is 0.270 e. The second-order valence-electron chi connectivity index (χ2n) is 6.76. The summed E-state index contributed by atoms with van der Waals surface area (Å²) in [7, 11) is 0. The summed E-state index contributed by atoms with van der Waals surface area (Å²) in [6.45, 7) is 6.30. The van der Waals surface area contributed by atoms with E-state index < -0.39 is 0 Å². The van der Waals surface area contributed by atoms with Gasteiger partial charge in [-0.05, 0) is 55.2 Å². The molecule has 28 heavy (non-hydrogen) atoms. The number of para-hydroxylation sites is 1. The topological polar surface area (TPSA) is 71.1 Å². The number of aryl methyl sites for hydroxylation is 3. The molecular formula is C23H23N3O2. The quantitative estimate of drug-likeness (QED) is 0.704. The normalized spacial score (nSPS) is 10.4. The van der Waals surface area contributed by atoms with Gasteiger partial charge in [0.2, 0.25) is 0 Å². The lowest BCUT2D eigenvalue weighted by molar-refractivity contribution is 0.0946. The summed E-state index contributed by atoms with van der Waals surface area (Å²) in [5.41, 5.74) is 5.51. The molecule has 0 unspecified atom stereocenters. The fourth-order valence-electron chi connectivity index (χ4n) is 2.97. The number of nitrogens with one attached hydrogen (secondary N) is 2. The van der Waals surface area contributed by atoms with Crippen LogP contribution in [0.15, 0.2) is 60.8 Å². The van der Waals surface area contributed by atoms with E-state index in [0.717, 1.165) is 27.9 Å². The highest BCUT2D eigenvalue weighted by atomic mass is 16.2. The first-order valence-electron chi connectivity index (χ1n) is 9.12. The van der Waals surface area contributed by atoms with Crippen LogP contribution in [-0.2, 0) is 6.54 Å². The van der Waals surface area contributed by atoms with Crippen molar-refractivity contribution < 1.29 is 9.59 Å². The van der Waals surface area contributed by atoms with E-state index in [4.69, 9.17) is 0 Å². The number of benzene rings is 2. The summed E-state index contributed by atoms with van der Waals surface area (Å²) < 4.78 is 0. The molecule has 3 aromatic rings. The first-order chi connectivity index (χ1) is 13.5. The molecule has 1 aromatic heterocycles. The van der Waals surface area contributed by atoms with Gasteiger partial charge in [-0.1, -0.05) is 42.5 Å². The van der Waals surface area contributed by atoms with Crippen LogP contribution in [0.3, 0.4) is 0 Å². The molecule has 0 bridgehead atoms. The zero-order valence-electron chi connectivity index (χ0n) is 16.2. The Labute approximate surface area is 164 Å². The van der Waals surface area contributed by atoms with Gasteiger partial charge >= 0.3 is 0 Å². The summed E-state index contributed by atoms with van der Waals surface area (Å²) in [5.74, 6) is -0.585. The number of anilines is 1. The molecular weight excluding hydrogens is 350 g/mol. The molecule has 2 amide bonds. The van der Waals surface area contributed by atoms with Gasteiger partial charge in [0, 0.05) is 24.0 Å². The number of carbonyl (C=O) groups is 2. The lowest BCUT2D eigenvalue weighted by Crippen LogP contribution is -2.25. The zero-order valence-corrected chi connectivity index (χ0v) is 16.2. The van der Waals surface area contributed by atoms with Crippen molar-refractivity contribution in [3.05, 3.63) is 94.3 Å². The van der Waals surface area contributed by atoms with Crippen molar-refractivity contribution in [2.45, 2.75) is 27.3 Å². The van der Waals surface area contributed by atoms with E-state index in [1.54, 1.807) is 6.07 Å². The van der Waals surface area contributed by atoms with Crippen molar-refractivity contribution in [2.24, 2.45) is 0 Å². The highest BCUT2D eigenvalue weighted by molar-refractivity contribution is 6.06. The van der Waals surface area contributed by atoms with Crippen LogP contribution in [0.4, 0.5) is 5.69 Å². The van der Waals surface area contributed by atoms with E-state index >= 15 is 0 Å². The zero-order chi connectivity index (χ0) is 20.1. The fraction of sp³-hybridized carbons (Fsp3) is 0.174. The third kappa shape index (κ3) is 4.43. The molecule has 0 radical (unpaired) electrons. The standard InChI is InChI=1S/C23H23N3O2/c1-15-7-4-5-10-19(15)14-25-23(28)20-13-18(11-12-24-20)22(27)26-21-16(2)8-6-9-17(21)3/h4-13H,14H2,1-3H3,(H,25,28)(H,26,27). The third-order valence-electron chi connectivity index (χ3n) is 4.68. The minimum atomic E-state index is -0.315. The molecule has 5 heteroatoms. The van der Waals surface area contributed by atoms with Crippen LogP contribution < -0.4 is 10.6 Å². The van der Waals surface area contributed by atoms with Gasteiger partial charge in [0.25, 0.3) is 11.8 Å². The average Bonchev–Trinajstić information content (AvgIpc) is 2.70. The Morgan fingerprint density at radius 3 is 2.25 bits per heavy atom. The molecule has 0 atom stereocenters. The lowest BCUT2D eigenvalue weighted by atomic mass is 10.1. The van der Waals surface area contributed by atoms with Crippen molar-refractivity contribution in [1.82, 2.24) is 10.3 Å². The van der Waals surface area contributed by atoms with Crippen LogP contribution in [0.5, 0.6) is 0 Å². The number of amides is 2. The third-order valence-corrected chi connectivity index (χ3v) is 4.68. The van der Waals surface area contributed by atoms with Crippen molar-refractivity contribution in [3.63, 3.8) is 0 Å². The summed E-state index contributed by atoms with van der Waals surface area (Å²) in [5, 5.41) is 5.78. The molecule has 1 heterocycles. The Morgan fingerprint density at radius 2 is 1.54 bits per heavy atom. The highest BCUT2D eigenvalue weighted by Gasteiger charge is 2.14. The van der Waals surface area contributed by atoms with Crippen LogP contribution in [0.25, 0.3) is 0 Å². The Morgan fingerprint density at radius 1 is 0.857 bits per heavy atom. The summed E-state index contributed by atoms with van der Waals surface area (Å²) in [6.07, 6.45) is 1.47. The second kappa shape index (κ2) is 8.48. The Balaban J connectivity index is 1.72. The van der Waals surface area contributed by atoms with Crippen molar-refractivity contribution >= 4 is 17.5 Å². The lowest BCUT2D eigenvalue weighted by Gasteiger charge is -2.12. The summed E-state index contributed by atoms with van der Waals surface area (Å²) in [4.78, 5) is 29.2. The molecule has 2 aromatic carbocycles. The van der Waals surface area contributed by atoms with E-state index in [-0.39, 0.29) is 17.5 Å². The van der Waals surface area contributed by atoms with E-state index in [1.165, 1.54) is 12.3 Å². The van der Waals surface area contributed by atoms with Crippen LogP contribution in [0.1, 0.15) is 43.1 Å². The van der Waals surface area contributed by atoms with Crippen LogP contribution in [-0.4, -0.2) is 16.8 Å². The summed E-state index contributed by atoms with van der Waals surface area (Å²) in [6, 6.07) is 16.8. The maximum absolute atomic E-state index is 12.6. The van der Waals surface area contributed by atoms with Gasteiger partial charge < -0.3 is 10.6 Å². The van der Waals surface area contributed by atoms with E-state index in [1.807, 2.05) is 63.2 Å². The van der Waals surface area contributed by atoms with Gasteiger partial charge in [-0.15, -0.1) is 0 Å². The molecule has 3 rings (SSSR count). The average molecular weight is 373 g/mol. The Hall–Kier alpha value is -3.47. The summed E-state index contributed by atoms with van der Waals surface area (Å²) >= 11 is 0. The Bertz CT molecular complexity index is 1010. The monoisotopic (exact) mass is 373 g/mol. The van der Waals surface area contributed by atoms with Crippen LogP contribution in [0.2, 0.25) is 0 Å². The number of nitrogens with zero attached hydrogens (tertiary/aromatic N) is 1. The number of carbonyl (C=O) groups excluding carboxylic acids is 2. The minimum absolute atomic E-state index is 0.211. The predicted molar refractivity (Wildman–Crippen MR) is 110 cm³/mol. The first-order valence-corrected chi connectivity index (χ1v) is 9.12. The number of aromatic nitrogens is 1. The number of hydrogen-bond donors (Lipinski definition) is 2. The first kappa shape index (κ1) is 19.3. The predicted octanol–water partition coefficient (Wildman–Crippen LogP) is 4.19. The van der Waals surface area contributed by atoms with Gasteiger partial charge in [0.1, 0.15) is 5.69 Å². The molecule has 0 aliphatic heterocycles. The van der Waals surface area contributed by atoms with Gasteiger partial charge in [0.05, 0.1) is 0 Å². The van der Waals surface area contributed by atoms with Crippen molar-refractivity contribution in [2.75, 3.05) is 5.32 Å². The highest BCUT2D eigenvalue weighted by Crippen LogP contribution is 2.20. The largest absolute Gasteiger partial charge is 0.347 e. The molecule has 0 spiro atoms. The number of pyridine rings is 1. The van der Waals surface area contributed by atoms with E-state index in [2.05, 4.69) is 15.6 Å². The Kier molecular flexibility index (Phi) is 5.84. The molecule has 0 saturated heterocycles. The van der Waals surface area contributed by atoms with Gasteiger partial charge in [-0.25, -0.2) is 0 Å². The van der Waals surface area contributed by atoms with E-state index in [9.17, 15) is 9.59 Å². The molecule has 0 fully saturated rings. The SMILES string of the molecule is Cc1ccccc1CNC(=O)c1cc(C(=O)Nc2c(C)cccc2C)ccn1. The molecule has 0 aliphatic rings. The molecule has 0 aliphatic carbocycles. The van der Waals surface area contributed by atoms with Gasteiger partial charge in [-0.3, -0.25) is 14.6 Å². The van der Waals surface area contributed by atoms with Gasteiger partial charge in [-0.2, -0.15) is 0 Å². The second-order valence-corrected chi connectivity index (χ2v) is 6.76. The maximum atomic E-state index is 12.6. The van der Waals surface area contributed by atoms with E-state index in [0.29, 0.717) is 12.1 Å². The van der Waals surface area contributed by atoms with Crippen LogP contribution >= 0.6 is 0 Å². The fourth-order valence-corrected chi connectivity index (χ4v) is 2.97. The maximum Gasteiger partial charge on any atom is 0.270 e. The van der Waals surface area contributed by atoms with Crippen molar-refractivity contribution in [3.8, 4) is 0 Å². The van der Waals surface area contributed by atoms with Gasteiger partial charge in [0.15, 0.2) is 0 Å². The number of rotatable bonds is 5. The molecule has 142 valence electrons. The molecule has 5 nitrogen and oxygen atoms in total. The molecule has 0 saturated carbocycles.